The number of hydrogen-bond acceptors (Lipinski definition) is 6. The molecule has 1 atom stereocenters. The van der Waals surface area contributed by atoms with Gasteiger partial charge in [0.2, 0.25) is 0 Å². The highest BCUT2D eigenvalue weighted by atomic mass is 16.5. The fraction of sp³-hybridized carbons (Fsp3) is 0.643. The summed E-state index contributed by atoms with van der Waals surface area (Å²) < 4.78 is 10.1. The number of aliphatic hydroxyl groups is 1. The number of nitrogens with zero attached hydrogens (tertiary/aromatic N) is 1. The highest BCUT2D eigenvalue weighted by molar-refractivity contribution is 5.90. The van der Waals surface area contributed by atoms with Gasteiger partial charge in [-0.05, 0) is 25.5 Å². The minimum Gasteiger partial charge on any atom is -0.467 e. The maximum atomic E-state index is 11.6. The van der Waals surface area contributed by atoms with Crippen molar-refractivity contribution in [3.63, 3.8) is 0 Å². The molecule has 1 saturated heterocycles. The predicted molar refractivity (Wildman–Crippen MR) is 73.4 cm³/mol. The molecular formula is C14H22N2O4. The van der Waals surface area contributed by atoms with Gasteiger partial charge in [-0.2, -0.15) is 0 Å². The van der Waals surface area contributed by atoms with Crippen molar-refractivity contribution in [1.29, 1.82) is 0 Å². The molecule has 1 aromatic rings. The van der Waals surface area contributed by atoms with E-state index in [2.05, 4.69) is 10.2 Å². The highest BCUT2D eigenvalue weighted by Crippen LogP contribution is 2.16. The van der Waals surface area contributed by atoms with Crippen LogP contribution in [0.15, 0.2) is 16.7 Å². The van der Waals surface area contributed by atoms with E-state index in [0.29, 0.717) is 30.5 Å². The smallest absolute Gasteiger partial charge is 0.341 e. The monoisotopic (exact) mass is 282 g/mol. The number of rotatable bonds is 7. The van der Waals surface area contributed by atoms with Crippen LogP contribution in [0.5, 0.6) is 0 Å². The molecule has 1 aliphatic rings. The van der Waals surface area contributed by atoms with Gasteiger partial charge in [0.15, 0.2) is 0 Å². The van der Waals surface area contributed by atoms with Crippen LogP contribution in [-0.4, -0.2) is 55.4 Å². The Balaban J connectivity index is 1.99. The van der Waals surface area contributed by atoms with Crippen LogP contribution in [0.4, 0.5) is 0 Å². The number of carbonyl (C=O) groups is 1. The molecule has 6 heteroatoms. The Morgan fingerprint density at radius 2 is 2.50 bits per heavy atom. The van der Waals surface area contributed by atoms with Crippen LogP contribution < -0.4 is 5.32 Å². The van der Waals surface area contributed by atoms with Crippen molar-refractivity contribution in [2.75, 3.05) is 33.4 Å². The van der Waals surface area contributed by atoms with Crippen molar-refractivity contribution < 1.29 is 19.1 Å². The van der Waals surface area contributed by atoms with Crippen molar-refractivity contribution in [1.82, 2.24) is 10.2 Å². The van der Waals surface area contributed by atoms with Crippen LogP contribution in [0.2, 0.25) is 0 Å². The molecule has 0 saturated carbocycles. The van der Waals surface area contributed by atoms with Crippen molar-refractivity contribution >= 4 is 5.97 Å². The van der Waals surface area contributed by atoms with Gasteiger partial charge in [0.05, 0.1) is 26.5 Å². The molecule has 0 amide bonds. The number of hydrogen-bond donors (Lipinski definition) is 2. The summed E-state index contributed by atoms with van der Waals surface area (Å²) >= 11 is 0. The Kier molecular flexibility index (Phi) is 5.58. The number of ether oxygens (including phenoxy) is 1. The maximum Gasteiger partial charge on any atom is 0.341 e. The molecule has 0 spiro atoms. The molecule has 1 aromatic heterocycles. The van der Waals surface area contributed by atoms with Crippen molar-refractivity contribution in [3.05, 3.63) is 23.7 Å². The normalized spacial score (nSPS) is 18.6. The van der Waals surface area contributed by atoms with Crippen LogP contribution in [0.25, 0.3) is 0 Å². The fourth-order valence-electron chi connectivity index (χ4n) is 2.56. The van der Waals surface area contributed by atoms with E-state index in [1.54, 1.807) is 6.07 Å². The van der Waals surface area contributed by atoms with E-state index in [0.717, 1.165) is 19.5 Å². The molecule has 0 radical (unpaired) electrons. The summed E-state index contributed by atoms with van der Waals surface area (Å²) in [5.74, 6) is 0.194. The lowest BCUT2D eigenvalue weighted by atomic mass is 10.2. The molecule has 0 bridgehead atoms. The van der Waals surface area contributed by atoms with Gasteiger partial charge in [-0.15, -0.1) is 0 Å². The van der Waals surface area contributed by atoms with Gasteiger partial charge >= 0.3 is 5.97 Å². The van der Waals surface area contributed by atoms with Crippen molar-refractivity contribution in [3.8, 4) is 0 Å². The molecule has 1 unspecified atom stereocenters. The van der Waals surface area contributed by atoms with Crippen LogP contribution in [0.1, 0.15) is 29.0 Å². The summed E-state index contributed by atoms with van der Waals surface area (Å²) in [5, 5.41) is 12.6. The van der Waals surface area contributed by atoms with Gasteiger partial charge in [-0.25, -0.2) is 4.79 Å². The molecule has 112 valence electrons. The van der Waals surface area contributed by atoms with E-state index in [9.17, 15) is 9.90 Å². The number of methoxy groups -OCH3 is 1. The van der Waals surface area contributed by atoms with Crippen LogP contribution in [-0.2, 0) is 11.3 Å². The number of nitrogens with one attached hydrogen (secondary N) is 1. The SMILES string of the molecule is COC(=O)c1ccoc1CN(CCO)CC1CCCN1. The van der Waals surface area contributed by atoms with Gasteiger partial charge in [-0.3, -0.25) is 4.90 Å². The Bertz CT molecular complexity index is 427. The summed E-state index contributed by atoms with van der Waals surface area (Å²) in [6.07, 6.45) is 3.82. The van der Waals surface area contributed by atoms with Gasteiger partial charge < -0.3 is 19.6 Å². The lowest BCUT2D eigenvalue weighted by Gasteiger charge is -2.24. The molecule has 2 rings (SSSR count). The first-order valence-corrected chi connectivity index (χ1v) is 6.96. The average Bonchev–Trinajstić information content (AvgIpc) is 3.09. The summed E-state index contributed by atoms with van der Waals surface area (Å²) in [5.41, 5.74) is 0.454. The van der Waals surface area contributed by atoms with Crippen LogP contribution >= 0.6 is 0 Å². The maximum absolute atomic E-state index is 11.6. The summed E-state index contributed by atoms with van der Waals surface area (Å²) in [4.78, 5) is 13.7. The average molecular weight is 282 g/mol. The third-order valence-corrected chi connectivity index (χ3v) is 3.58. The molecular weight excluding hydrogens is 260 g/mol. The molecule has 2 N–H and O–H groups in total. The highest BCUT2D eigenvalue weighted by Gasteiger charge is 2.21. The number of furan rings is 1. The summed E-state index contributed by atoms with van der Waals surface area (Å²) in [6.45, 7) is 3.02. The Hall–Kier alpha value is -1.37. The zero-order valence-electron chi connectivity index (χ0n) is 11.8. The third kappa shape index (κ3) is 3.82. The molecule has 1 aliphatic heterocycles. The van der Waals surface area contributed by atoms with Gasteiger partial charge in [0, 0.05) is 19.1 Å². The minimum atomic E-state index is -0.392. The third-order valence-electron chi connectivity index (χ3n) is 3.58. The lowest BCUT2D eigenvalue weighted by molar-refractivity contribution is 0.0596. The largest absolute Gasteiger partial charge is 0.467 e. The van der Waals surface area contributed by atoms with Gasteiger partial charge in [-0.1, -0.05) is 0 Å². The first kappa shape index (κ1) is 15.0. The Morgan fingerprint density at radius 3 is 3.15 bits per heavy atom. The minimum absolute atomic E-state index is 0.0843. The first-order valence-electron chi connectivity index (χ1n) is 6.96. The predicted octanol–water partition coefficient (Wildman–Crippen LogP) is 0.613. The second-order valence-electron chi connectivity index (χ2n) is 5.00. The number of esters is 1. The zero-order valence-corrected chi connectivity index (χ0v) is 11.8. The Labute approximate surface area is 118 Å². The van der Waals surface area contributed by atoms with Crippen molar-refractivity contribution in [2.45, 2.75) is 25.4 Å². The molecule has 0 aromatic carbocycles. The quantitative estimate of drug-likeness (QED) is 0.714. The fourth-order valence-corrected chi connectivity index (χ4v) is 2.56. The van der Waals surface area contributed by atoms with Crippen LogP contribution in [0, 0.1) is 0 Å². The van der Waals surface area contributed by atoms with E-state index in [-0.39, 0.29) is 6.61 Å². The number of aliphatic hydroxyl groups excluding tert-OH is 1. The standard InChI is InChI=1S/C14H22N2O4/c1-19-14(18)12-4-8-20-13(12)10-16(6-7-17)9-11-3-2-5-15-11/h4,8,11,15,17H,2-3,5-7,9-10H2,1H3. The number of carbonyl (C=O) groups excluding carboxylic acids is 1. The lowest BCUT2D eigenvalue weighted by Crippen LogP contribution is -2.38. The molecule has 6 nitrogen and oxygen atoms in total. The van der Waals surface area contributed by atoms with Gasteiger partial charge in [0.25, 0.3) is 0 Å². The summed E-state index contributed by atoms with van der Waals surface area (Å²) in [6, 6.07) is 2.06. The van der Waals surface area contributed by atoms with E-state index in [4.69, 9.17) is 9.15 Å². The zero-order chi connectivity index (χ0) is 14.4. The molecule has 0 aliphatic carbocycles. The Morgan fingerprint density at radius 1 is 1.65 bits per heavy atom. The molecule has 1 fully saturated rings. The second-order valence-corrected chi connectivity index (χ2v) is 5.00. The van der Waals surface area contributed by atoms with E-state index >= 15 is 0 Å². The molecule has 20 heavy (non-hydrogen) atoms. The van der Waals surface area contributed by atoms with E-state index in [1.165, 1.54) is 19.8 Å². The van der Waals surface area contributed by atoms with Gasteiger partial charge in [0.1, 0.15) is 11.3 Å². The second kappa shape index (κ2) is 7.42. The van der Waals surface area contributed by atoms with E-state index < -0.39 is 5.97 Å². The topological polar surface area (TPSA) is 74.9 Å². The van der Waals surface area contributed by atoms with E-state index in [1.807, 2.05) is 0 Å². The van der Waals surface area contributed by atoms with Crippen LogP contribution in [0.3, 0.4) is 0 Å². The summed E-state index contributed by atoms with van der Waals surface area (Å²) in [7, 11) is 1.35. The molecule has 2 heterocycles. The van der Waals surface area contributed by atoms with Crippen molar-refractivity contribution in [2.24, 2.45) is 0 Å². The first-order chi connectivity index (χ1) is 9.74.